The number of benzene rings is 1. The summed E-state index contributed by atoms with van der Waals surface area (Å²) in [7, 11) is 1.61. The van der Waals surface area contributed by atoms with Crippen molar-refractivity contribution in [3.05, 3.63) is 30.6 Å². The van der Waals surface area contributed by atoms with Gasteiger partial charge in [0.15, 0.2) is 0 Å². The average Bonchev–Trinajstić information content (AvgIpc) is 2.65. The van der Waals surface area contributed by atoms with Crippen molar-refractivity contribution in [3.8, 4) is 11.4 Å². The summed E-state index contributed by atoms with van der Waals surface area (Å²) in [6.45, 7) is 0. The number of methoxy groups -OCH3 is 1. The Morgan fingerprint density at radius 3 is 2.93 bits per heavy atom. The zero-order chi connectivity index (χ0) is 9.97. The number of aromatic nitrogens is 3. The molecule has 14 heavy (non-hydrogen) atoms. The molecule has 0 atom stereocenters. The number of hydrogen-bond donors (Lipinski definition) is 1. The van der Waals surface area contributed by atoms with Crippen LogP contribution in [0, 0.1) is 0 Å². The van der Waals surface area contributed by atoms with Gasteiger partial charge in [-0.3, -0.25) is 0 Å². The molecule has 1 aromatic heterocycles. The topological polar surface area (TPSA) is 66.0 Å². The molecule has 0 aliphatic heterocycles. The molecular weight excluding hydrogens is 180 g/mol. The van der Waals surface area contributed by atoms with E-state index < -0.39 is 0 Å². The van der Waals surface area contributed by atoms with E-state index >= 15 is 0 Å². The quantitative estimate of drug-likeness (QED) is 0.762. The third kappa shape index (κ3) is 1.39. The van der Waals surface area contributed by atoms with E-state index in [9.17, 15) is 0 Å². The molecule has 2 rings (SSSR count). The van der Waals surface area contributed by atoms with E-state index in [4.69, 9.17) is 10.5 Å². The number of ether oxygens (including phenoxy) is 1. The molecule has 0 radical (unpaired) electrons. The lowest BCUT2D eigenvalue weighted by Gasteiger charge is -2.04. The van der Waals surface area contributed by atoms with Crippen LogP contribution in [0.25, 0.3) is 5.69 Å². The van der Waals surface area contributed by atoms with Crippen LogP contribution >= 0.6 is 0 Å². The first-order chi connectivity index (χ1) is 6.81. The van der Waals surface area contributed by atoms with E-state index in [1.54, 1.807) is 11.8 Å². The number of nitrogens with two attached hydrogens (primary N) is 1. The van der Waals surface area contributed by atoms with E-state index in [-0.39, 0.29) is 0 Å². The Labute approximate surface area is 81.1 Å². The highest BCUT2D eigenvalue weighted by Crippen LogP contribution is 2.16. The van der Waals surface area contributed by atoms with E-state index in [1.165, 1.54) is 6.33 Å². The fraction of sp³-hybridized carbons (Fsp3) is 0.111. The largest absolute Gasteiger partial charge is 0.497 e. The highest BCUT2D eigenvalue weighted by Gasteiger charge is 2.02. The van der Waals surface area contributed by atoms with Crippen molar-refractivity contribution in [2.45, 2.75) is 0 Å². The van der Waals surface area contributed by atoms with Gasteiger partial charge < -0.3 is 10.5 Å². The smallest absolute Gasteiger partial charge is 0.223 e. The number of nitrogen functional groups attached to an aromatic ring is 1. The summed E-state index contributed by atoms with van der Waals surface area (Å²) in [6.07, 6.45) is 1.41. The minimum atomic E-state index is 0.359. The molecule has 72 valence electrons. The van der Waals surface area contributed by atoms with Crippen LogP contribution in [0.15, 0.2) is 30.6 Å². The molecule has 0 saturated carbocycles. The molecule has 0 amide bonds. The van der Waals surface area contributed by atoms with Crippen molar-refractivity contribution in [2.24, 2.45) is 0 Å². The van der Waals surface area contributed by atoms with Gasteiger partial charge in [0.1, 0.15) is 12.1 Å². The number of hydrogen-bond acceptors (Lipinski definition) is 4. The maximum absolute atomic E-state index is 5.61. The van der Waals surface area contributed by atoms with Gasteiger partial charge >= 0.3 is 0 Å². The Morgan fingerprint density at radius 2 is 2.29 bits per heavy atom. The summed E-state index contributed by atoms with van der Waals surface area (Å²) in [5.74, 6) is 1.12. The summed E-state index contributed by atoms with van der Waals surface area (Å²) in [6, 6.07) is 7.45. The fourth-order valence-corrected chi connectivity index (χ4v) is 1.19. The Morgan fingerprint density at radius 1 is 1.43 bits per heavy atom. The molecule has 0 fully saturated rings. The van der Waals surface area contributed by atoms with Crippen LogP contribution in [0.1, 0.15) is 0 Å². The van der Waals surface area contributed by atoms with Crippen molar-refractivity contribution < 1.29 is 4.74 Å². The van der Waals surface area contributed by atoms with Crippen LogP contribution in [0.4, 0.5) is 5.95 Å². The Bertz CT molecular complexity index is 438. The first kappa shape index (κ1) is 8.55. The second-order valence-corrected chi connectivity index (χ2v) is 2.73. The summed E-state index contributed by atoms with van der Waals surface area (Å²) >= 11 is 0. The summed E-state index contributed by atoms with van der Waals surface area (Å²) < 4.78 is 6.63. The predicted octanol–water partition coefficient (Wildman–Crippen LogP) is 0.858. The van der Waals surface area contributed by atoms with Gasteiger partial charge in [0, 0.05) is 6.07 Å². The van der Waals surface area contributed by atoms with Gasteiger partial charge in [-0.2, -0.15) is 14.8 Å². The Kier molecular flexibility index (Phi) is 2.06. The van der Waals surface area contributed by atoms with Crippen LogP contribution < -0.4 is 10.5 Å². The van der Waals surface area contributed by atoms with Gasteiger partial charge in [-0.05, 0) is 12.1 Å². The summed E-state index contributed by atoms with van der Waals surface area (Å²) in [5, 5.41) is 3.99. The number of nitrogens with zero attached hydrogens (tertiary/aromatic N) is 3. The van der Waals surface area contributed by atoms with E-state index in [0.717, 1.165) is 11.4 Å². The minimum Gasteiger partial charge on any atom is -0.497 e. The van der Waals surface area contributed by atoms with Crippen molar-refractivity contribution in [2.75, 3.05) is 12.8 Å². The molecule has 2 N–H and O–H groups in total. The third-order valence-electron chi connectivity index (χ3n) is 1.87. The molecule has 1 aromatic carbocycles. The standard InChI is InChI=1S/C9H10N4O/c1-14-8-4-2-3-7(5-8)13-9(10)11-6-12-13/h2-6H,1H3,(H2,10,11,12). The SMILES string of the molecule is COc1cccc(-n2ncnc2N)c1. The van der Waals surface area contributed by atoms with Crippen LogP contribution in [0.3, 0.4) is 0 Å². The molecule has 0 bridgehead atoms. The van der Waals surface area contributed by atoms with Gasteiger partial charge in [0.2, 0.25) is 5.95 Å². The van der Waals surface area contributed by atoms with E-state index in [2.05, 4.69) is 10.1 Å². The summed E-state index contributed by atoms with van der Waals surface area (Å²) in [4.78, 5) is 3.84. The molecule has 2 aromatic rings. The van der Waals surface area contributed by atoms with E-state index in [0.29, 0.717) is 5.95 Å². The van der Waals surface area contributed by atoms with Crippen LogP contribution in [0.5, 0.6) is 5.75 Å². The second kappa shape index (κ2) is 3.37. The van der Waals surface area contributed by atoms with Gasteiger partial charge in [0.05, 0.1) is 12.8 Å². The van der Waals surface area contributed by atoms with Crippen molar-refractivity contribution in [1.82, 2.24) is 14.8 Å². The van der Waals surface area contributed by atoms with Gasteiger partial charge in [-0.15, -0.1) is 0 Å². The molecule has 0 unspecified atom stereocenters. The normalized spacial score (nSPS) is 10.1. The van der Waals surface area contributed by atoms with Crippen LogP contribution in [0.2, 0.25) is 0 Å². The monoisotopic (exact) mass is 190 g/mol. The number of anilines is 1. The van der Waals surface area contributed by atoms with Crippen molar-refractivity contribution in [3.63, 3.8) is 0 Å². The zero-order valence-corrected chi connectivity index (χ0v) is 7.71. The van der Waals surface area contributed by atoms with Crippen LogP contribution in [-0.2, 0) is 0 Å². The molecule has 5 nitrogen and oxygen atoms in total. The van der Waals surface area contributed by atoms with Crippen LogP contribution in [-0.4, -0.2) is 21.9 Å². The Hall–Kier alpha value is -2.04. The van der Waals surface area contributed by atoms with Crippen molar-refractivity contribution >= 4 is 5.95 Å². The second-order valence-electron chi connectivity index (χ2n) is 2.73. The average molecular weight is 190 g/mol. The first-order valence-electron chi connectivity index (χ1n) is 4.11. The lowest BCUT2D eigenvalue weighted by molar-refractivity contribution is 0.414. The molecule has 0 aliphatic carbocycles. The highest BCUT2D eigenvalue weighted by atomic mass is 16.5. The first-order valence-corrected chi connectivity index (χ1v) is 4.11. The lowest BCUT2D eigenvalue weighted by atomic mass is 10.3. The molecule has 1 heterocycles. The minimum absolute atomic E-state index is 0.359. The predicted molar refractivity (Wildman–Crippen MR) is 52.3 cm³/mol. The summed E-state index contributed by atoms with van der Waals surface area (Å²) in [5.41, 5.74) is 6.45. The maximum Gasteiger partial charge on any atom is 0.223 e. The third-order valence-corrected chi connectivity index (χ3v) is 1.87. The molecule has 0 saturated heterocycles. The van der Waals surface area contributed by atoms with Gasteiger partial charge in [-0.25, -0.2) is 0 Å². The molecule has 5 heteroatoms. The number of rotatable bonds is 2. The maximum atomic E-state index is 5.61. The molecular formula is C9H10N4O. The Balaban J connectivity index is 2.47. The lowest BCUT2D eigenvalue weighted by Crippen LogP contribution is -2.02. The molecule has 0 aliphatic rings. The van der Waals surface area contributed by atoms with Gasteiger partial charge in [0.25, 0.3) is 0 Å². The highest BCUT2D eigenvalue weighted by molar-refractivity contribution is 5.41. The van der Waals surface area contributed by atoms with E-state index in [1.807, 2.05) is 24.3 Å². The molecule has 0 spiro atoms. The fourth-order valence-electron chi connectivity index (χ4n) is 1.19. The zero-order valence-electron chi connectivity index (χ0n) is 7.71. The van der Waals surface area contributed by atoms with Crippen molar-refractivity contribution in [1.29, 1.82) is 0 Å². The van der Waals surface area contributed by atoms with Gasteiger partial charge in [-0.1, -0.05) is 6.07 Å².